The van der Waals surface area contributed by atoms with E-state index in [9.17, 15) is 0 Å². The van der Waals surface area contributed by atoms with Crippen LogP contribution in [0.15, 0.2) is 42.9 Å². The van der Waals surface area contributed by atoms with E-state index in [0.717, 1.165) is 18.8 Å². The zero-order valence-electron chi connectivity index (χ0n) is 11.6. The Hall–Kier alpha value is -1.78. The van der Waals surface area contributed by atoms with E-state index in [1.807, 2.05) is 30.7 Å². The minimum absolute atomic E-state index is 0.467. The van der Waals surface area contributed by atoms with Crippen LogP contribution in [0.3, 0.4) is 0 Å². The summed E-state index contributed by atoms with van der Waals surface area (Å²) >= 11 is 0. The quantitative estimate of drug-likeness (QED) is 0.924. The predicted octanol–water partition coefficient (Wildman–Crippen LogP) is 2.27. The van der Waals surface area contributed by atoms with Crippen molar-refractivity contribution in [3.8, 4) is 0 Å². The SMILES string of the molecule is NCc1ncccc1CN1CCCC1c1cccnc1. The van der Waals surface area contributed by atoms with E-state index >= 15 is 0 Å². The van der Waals surface area contributed by atoms with E-state index in [1.165, 1.54) is 24.0 Å². The predicted molar refractivity (Wildman–Crippen MR) is 78.8 cm³/mol. The Bertz CT molecular complexity index is 555. The Morgan fingerprint density at radius 1 is 1.25 bits per heavy atom. The highest BCUT2D eigenvalue weighted by Crippen LogP contribution is 2.32. The summed E-state index contributed by atoms with van der Waals surface area (Å²) in [5, 5.41) is 0. The van der Waals surface area contributed by atoms with Crippen LogP contribution in [-0.4, -0.2) is 21.4 Å². The first-order chi connectivity index (χ1) is 9.88. The van der Waals surface area contributed by atoms with E-state index in [1.54, 1.807) is 0 Å². The maximum atomic E-state index is 5.78. The fourth-order valence-corrected chi connectivity index (χ4v) is 2.98. The fraction of sp³-hybridized carbons (Fsp3) is 0.375. The molecule has 2 aromatic rings. The van der Waals surface area contributed by atoms with E-state index in [0.29, 0.717) is 12.6 Å². The van der Waals surface area contributed by atoms with Gasteiger partial charge >= 0.3 is 0 Å². The molecule has 2 aromatic heterocycles. The van der Waals surface area contributed by atoms with Gasteiger partial charge in [0.15, 0.2) is 0 Å². The number of hydrogen-bond donors (Lipinski definition) is 1. The molecular formula is C16H20N4. The highest BCUT2D eigenvalue weighted by atomic mass is 15.2. The van der Waals surface area contributed by atoms with Crippen LogP contribution in [0.5, 0.6) is 0 Å². The molecule has 1 aliphatic heterocycles. The average molecular weight is 268 g/mol. The van der Waals surface area contributed by atoms with E-state index in [-0.39, 0.29) is 0 Å². The van der Waals surface area contributed by atoms with Crippen molar-refractivity contribution in [3.05, 3.63) is 59.7 Å². The standard InChI is InChI=1S/C16H20N4/c17-10-15-14(5-2-8-19-15)12-20-9-3-6-16(20)13-4-1-7-18-11-13/h1-2,4-5,7-8,11,16H,3,6,9-10,12,17H2. The topological polar surface area (TPSA) is 55.0 Å². The average Bonchev–Trinajstić information content (AvgIpc) is 2.97. The molecule has 0 aromatic carbocycles. The summed E-state index contributed by atoms with van der Waals surface area (Å²) in [6.45, 7) is 2.54. The number of aromatic nitrogens is 2. The van der Waals surface area contributed by atoms with Crippen LogP contribution >= 0.6 is 0 Å². The maximum Gasteiger partial charge on any atom is 0.0584 e. The number of nitrogens with zero attached hydrogens (tertiary/aromatic N) is 3. The Labute approximate surface area is 119 Å². The molecule has 3 heterocycles. The number of pyridine rings is 2. The second-order valence-electron chi connectivity index (χ2n) is 5.23. The molecular weight excluding hydrogens is 248 g/mol. The van der Waals surface area contributed by atoms with Crippen LogP contribution in [0, 0.1) is 0 Å². The summed E-state index contributed by atoms with van der Waals surface area (Å²) in [6.07, 6.45) is 8.06. The molecule has 4 heteroatoms. The molecule has 1 atom stereocenters. The molecule has 0 spiro atoms. The summed E-state index contributed by atoms with van der Waals surface area (Å²) in [5.74, 6) is 0. The molecule has 1 aliphatic rings. The molecule has 4 nitrogen and oxygen atoms in total. The Morgan fingerprint density at radius 2 is 2.15 bits per heavy atom. The summed E-state index contributed by atoms with van der Waals surface area (Å²) in [4.78, 5) is 11.1. The minimum atomic E-state index is 0.467. The molecule has 0 saturated carbocycles. The number of likely N-dealkylation sites (tertiary alicyclic amines) is 1. The van der Waals surface area contributed by atoms with Gasteiger partial charge in [-0.1, -0.05) is 12.1 Å². The number of rotatable bonds is 4. The molecule has 20 heavy (non-hydrogen) atoms. The van der Waals surface area contributed by atoms with Gasteiger partial charge in [0.2, 0.25) is 0 Å². The smallest absolute Gasteiger partial charge is 0.0584 e. The zero-order chi connectivity index (χ0) is 13.8. The van der Waals surface area contributed by atoms with Gasteiger partial charge in [0.1, 0.15) is 0 Å². The Balaban J connectivity index is 1.79. The molecule has 0 amide bonds. The maximum absolute atomic E-state index is 5.78. The van der Waals surface area contributed by atoms with Gasteiger partial charge in [-0.3, -0.25) is 14.9 Å². The van der Waals surface area contributed by atoms with Gasteiger partial charge in [-0.25, -0.2) is 0 Å². The summed E-state index contributed by atoms with van der Waals surface area (Å²) < 4.78 is 0. The van der Waals surface area contributed by atoms with Crippen LogP contribution in [0.4, 0.5) is 0 Å². The van der Waals surface area contributed by atoms with Gasteiger partial charge in [-0.05, 0) is 42.6 Å². The van der Waals surface area contributed by atoms with Crippen LogP contribution in [0.1, 0.15) is 35.7 Å². The lowest BCUT2D eigenvalue weighted by molar-refractivity contribution is 0.247. The lowest BCUT2D eigenvalue weighted by Crippen LogP contribution is -2.24. The first kappa shape index (κ1) is 13.2. The van der Waals surface area contributed by atoms with Crippen molar-refractivity contribution in [2.24, 2.45) is 5.73 Å². The molecule has 0 bridgehead atoms. The normalized spacial score (nSPS) is 19.4. The lowest BCUT2D eigenvalue weighted by Gasteiger charge is -2.25. The van der Waals surface area contributed by atoms with Gasteiger partial charge in [-0.2, -0.15) is 0 Å². The first-order valence-corrected chi connectivity index (χ1v) is 7.15. The third kappa shape index (κ3) is 2.71. The molecule has 0 radical (unpaired) electrons. The second kappa shape index (κ2) is 6.11. The van der Waals surface area contributed by atoms with Crippen LogP contribution in [-0.2, 0) is 13.1 Å². The lowest BCUT2D eigenvalue weighted by atomic mass is 10.1. The zero-order valence-corrected chi connectivity index (χ0v) is 11.6. The summed E-state index contributed by atoms with van der Waals surface area (Å²) in [5.41, 5.74) is 9.33. The number of nitrogens with two attached hydrogens (primary N) is 1. The monoisotopic (exact) mass is 268 g/mol. The highest BCUT2D eigenvalue weighted by molar-refractivity contribution is 5.21. The number of hydrogen-bond acceptors (Lipinski definition) is 4. The second-order valence-corrected chi connectivity index (χ2v) is 5.23. The fourth-order valence-electron chi connectivity index (χ4n) is 2.98. The van der Waals surface area contributed by atoms with Crippen molar-refractivity contribution in [1.29, 1.82) is 0 Å². The third-order valence-electron chi connectivity index (χ3n) is 3.98. The van der Waals surface area contributed by atoms with Crippen molar-refractivity contribution in [2.75, 3.05) is 6.54 Å². The van der Waals surface area contributed by atoms with E-state index in [2.05, 4.69) is 27.0 Å². The Kier molecular flexibility index (Phi) is 4.04. The van der Waals surface area contributed by atoms with Gasteiger partial charge in [0.25, 0.3) is 0 Å². The molecule has 1 saturated heterocycles. The van der Waals surface area contributed by atoms with Crippen LogP contribution in [0.2, 0.25) is 0 Å². The molecule has 2 N–H and O–H groups in total. The van der Waals surface area contributed by atoms with Crippen molar-refractivity contribution >= 4 is 0 Å². The molecule has 0 aliphatic carbocycles. The molecule has 3 rings (SSSR count). The third-order valence-corrected chi connectivity index (χ3v) is 3.98. The largest absolute Gasteiger partial charge is 0.325 e. The van der Waals surface area contributed by atoms with Crippen molar-refractivity contribution in [2.45, 2.75) is 32.0 Å². The van der Waals surface area contributed by atoms with Crippen molar-refractivity contribution in [3.63, 3.8) is 0 Å². The van der Waals surface area contributed by atoms with Gasteiger partial charge in [0.05, 0.1) is 5.69 Å². The molecule has 1 fully saturated rings. The van der Waals surface area contributed by atoms with Crippen LogP contribution < -0.4 is 5.73 Å². The van der Waals surface area contributed by atoms with E-state index in [4.69, 9.17) is 5.73 Å². The first-order valence-electron chi connectivity index (χ1n) is 7.15. The minimum Gasteiger partial charge on any atom is -0.325 e. The van der Waals surface area contributed by atoms with Gasteiger partial charge in [-0.15, -0.1) is 0 Å². The van der Waals surface area contributed by atoms with Gasteiger partial charge < -0.3 is 5.73 Å². The van der Waals surface area contributed by atoms with Crippen molar-refractivity contribution in [1.82, 2.24) is 14.9 Å². The summed E-state index contributed by atoms with van der Waals surface area (Å²) in [6, 6.07) is 8.77. The Morgan fingerprint density at radius 3 is 2.95 bits per heavy atom. The van der Waals surface area contributed by atoms with E-state index < -0.39 is 0 Å². The highest BCUT2D eigenvalue weighted by Gasteiger charge is 2.26. The van der Waals surface area contributed by atoms with Crippen molar-refractivity contribution < 1.29 is 0 Å². The van der Waals surface area contributed by atoms with Gasteiger partial charge in [0, 0.05) is 37.7 Å². The van der Waals surface area contributed by atoms with Crippen LogP contribution in [0.25, 0.3) is 0 Å². The molecule has 104 valence electrons. The summed E-state index contributed by atoms with van der Waals surface area (Å²) in [7, 11) is 0. The molecule has 1 unspecified atom stereocenters.